The number of hydrogen-bond acceptors (Lipinski definition) is 3. The van der Waals surface area contributed by atoms with E-state index in [1.54, 1.807) is 0 Å². The Morgan fingerprint density at radius 2 is 1.90 bits per heavy atom. The molecular weight excluding hydrogens is 262 g/mol. The van der Waals surface area contributed by atoms with E-state index >= 15 is 0 Å². The SMILES string of the molecule is CCNC(c1ccnn1-c1ccccc1)C(CC)OCC. The Kier molecular flexibility index (Phi) is 5.96. The molecule has 0 saturated carbocycles. The Hall–Kier alpha value is -1.65. The van der Waals surface area contributed by atoms with Crippen LogP contribution in [-0.4, -0.2) is 29.0 Å². The van der Waals surface area contributed by atoms with Crippen LogP contribution >= 0.6 is 0 Å². The number of hydrogen-bond donors (Lipinski definition) is 1. The van der Waals surface area contributed by atoms with E-state index in [0.29, 0.717) is 0 Å². The highest BCUT2D eigenvalue weighted by atomic mass is 16.5. The van der Waals surface area contributed by atoms with Gasteiger partial charge in [0.15, 0.2) is 0 Å². The zero-order chi connectivity index (χ0) is 15.1. The summed E-state index contributed by atoms with van der Waals surface area (Å²) in [5.41, 5.74) is 2.22. The van der Waals surface area contributed by atoms with Gasteiger partial charge >= 0.3 is 0 Å². The summed E-state index contributed by atoms with van der Waals surface area (Å²) in [5, 5.41) is 8.03. The molecule has 0 saturated heterocycles. The van der Waals surface area contributed by atoms with Gasteiger partial charge in [-0.1, -0.05) is 32.0 Å². The molecule has 2 unspecified atom stereocenters. The molecular formula is C17H25N3O. The van der Waals surface area contributed by atoms with Crippen molar-refractivity contribution in [3.8, 4) is 5.69 Å². The van der Waals surface area contributed by atoms with Crippen molar-refractivity contribution >= 4 is 0 Å². The van der Waals surface area contributed by atoms with Gasteiger partial charge in [-0.05, 0) is 38.1 Å². The summed E-state index contributed by atoms with van der Waals surface area (Å²) in [4.78, 5) is 0. The van der Waals surface area contributed by atoms with Gasteiger partial charge < -0.3 is 10.1 Å². The molecule has 0 aliphatic heterocycles. The van der Waals surface area contributed by atoms with Crippen LogP contribution in [0.3, 0.4) is 0 Å². The van der Waals surface area contributed by atoms with E-state index in [4.69, 9.17) is 4.74 Å². The summed E-state index contributed by atoms with van der Waals surface area (Å²) < 4.78 is 7.91. The fraction of sp³-hybridized carbons (Fsp3) is 0.471. The van der Waals surface area contributed by atoms with Crippen LogP contribution in [0.4, 0.5) is 0 Å². The van der Waals surface area contributed by atoms with Crippen molar-refractivity contribution in [2.45, 2.75) is 39.3 Å². The molecule has 0 radical (unpaired) electrons. The molecule has 21 heavy (non-hydrogen) atoms. The second-order valence-electron chi connectivity index (χ2n) is 4.94. The third-order valence-corrected chi connectivity index (χ3v) is 3.57. The highest BCUT2D eigenvalue weighted by Gasteiger charge is 2.25. The third kappa shape index (κ3) is 3.71. The number of nitrogens with zero attached hydrogens (tertiary/aromatic N) is 2. The largest absolute Gasteiger partial charge is 0.376 e. The van der Waals surface area contributed by atoms with E-state index < -0.39 is 0 Å². The van der Waals surface area contributed by atoms with Crippen molar-refractivity contribution in [2.75, 3.05) is 13.2 Å². The van der Waals surface area contributed by atoms with E-state index in [9.17, 15) is 0 Å². The van der Waals surface area contributed by atoms with Gasteiger partial charge in [0.2, 0.25) is 0 Å². The number of aromatic nitrogens is 2. The Morgan fingerprint density at radius 3 is 2.52 bits per heavy atom. The molecule has 2 atom stereocenters. The van der Waals surface area contributed by atoms with Gasteiger partial charge in [0, 0.05) is 12.8 Å². The summed E-state index contributed by atoms with van der Waals surface area (Å²) in [6, 6.07) is 12.4. The Labute approximate surface area is 127 Å². The molecule has 0 amide bonds. The van der Waals surface area contributed by atoms with Gasteiger partial charge in [0.05, 0.1) is 23.5 Å². The van der Waals surface area contributed by atoms with Crippen LogP contribution in [0, 0.1) is 0 Å². The second-order valence-corrected chi connectivity index (χ2v) is 4.94. The van der Waals surface area contributed by atoms with Crippen LogP contribution in [0.15, 0.2) is 42.6 Å². The number of benzene rings is 1. The fourth-order valence-electron chi connectivity index (χ4n) is 2.64. The first kappa shape index (κ1) is 15.7. The normalized spacial score (nSPS) is 14.0. The molecule has 0 aliphatic rings. The maximum absolute atomic E-state index is 5.92. The van der Waals surface area contributed by atoms with E-state index in [2.05, 4.69) is 42.5 Å². The smallest absolute Gasteiger partial charge is 0.0782 e. The minimum absolute atomic E-state index is 0.141. The van der Waals surface area contributed by atoms with Crippen LogP contribution in [-0.2, 0) is 4.74 Å². The maximum Gasteiger partial charge on any atom is 0.0782 e. The van der Waals surface area contributed by atoms with Crippen molar-refractivity contribution < 1.29 is 4.74 Å². The predicted molar refractivity (Wildman–Crippen MR) is 85.7 cm³/mol. The van der Waals surface area contributed by atoms with E-state index in [1.807, 2.05) is 36.0 Å². The molecule has 0 bridgehead atoms. The standard InChI is InChI=1S/C17H25N3O/c1-4-16(21-6-3)17(18-5-2)15-12-13-19-20(15)14-10-8-7-9-11-14/h7-13,16-18H,4-6H2,1-3H3. The Morgan fingerprint density at radius 1 is 1.14 bits per heavy atom. The zero-order valence-electron chi connectivity index (χ0n) is 13.1. The van der Waals surface area contributed by atoms with Gasteiger partial charge in [-0.25, -0.2) is 4.68 Å². The number of ether oxygens (including phenoxy) is 1. The summed E-state index contributed by atoms with van der Waals surface area (Å²) in [7, 11) is 0. The number of rotatable bonds is 8. The average Bonchev–Trinajstić information content (AvgIpc) is 3.01. The average molecular weight is 287 g/mol. The van der Waals surface area contributed by atoms with Gasteiger partial charge in [0.25, 0.3) is 0 Å². The molecule has 1 N–H and O–H groups in total. The monoisotopic (exact) mass is 287 g/mol. The molecule has 2 rings (SSSR count). The lowest BCUT2D eigenvalue weighted by molar-refractivity contribution is 0.0301. The van der Waals surface area contributed by atoms with Gasteiger partial charge in [-0.2, -0.15) is 5.10 Å². The lowest BCUT2D eigenvalue weighted by atomic mass is 10.0. The van der Waals surface area contributed by atoms with E-state index in [1.165, 1.54) is 0 Å². The summed E-state index contributed by atoms with van der Waals surface area (Å²) in [5.74, 6) is 0. The molecule has 1 heterocycles. The van der Waals surface area contributed by atoms with E-state index in [0.717, 1.165) is 31.0 Å². The molecule has 4 heteroatoms. The number of nitrogens with one attached hydrogen (secondary N) is 1. The quantitative estimate of drug-likeness (QED) is 0.809. The molecule has 0 spiro atoms. The lowest BCUT2D eigenvalue weighted by Crippen LogP contribution is -2.35. The van der Waals surface area contributed by atoms with Crippen molar-refractivity contribution in [3.63, 3.8) is 0 Å². The molecule has 4 nitrogen and oxygen atoms in total. The minimum atomic E-state index is 0.141. The highest BCUT2D eigenvalue weighted by Crippen LogP contribution is 2.24. The lowest BCUT2D eigenvalue weighted by Gasteiger charge is -2.27. The zero-order valence-corrected chi connectivity index (χ0v) is 13.1. The number of likely N-dealkylation sites (N-methyl/N-ethyl adjacent to an activating group) is 1. The van der Waals surface area contributed by atoms with Crippen LogP contribution in [0.25, 0.3) is 5.69 Å². The van der Waals surface area contributed by atoms with Gasteiger partial charge in [0.1, 0.15) is 0 Å². The van der Waals surface area contributed by atoms with Crippen LogP contribution in [0.2, 0.25) is 0 Å². The Bertz CT molecular complexity index is 524. The molecule has 0 fully saturated rings. The molecule has 0 aliphatic carbocycles. The van der Waals surface area contributed by atoms with Crippen molar-refractivity contribution in [3.05, 3.63) is 48.3 Å². The van der Waals surface area contributed by atoms with Crippen molar-refractivity contribution in [1.82, 2.24) is 15.1 Å². The molecule has 1 aromatic carbocycles. The van der Waals surface area contributed by atoms with Crippen molar-refractivity contribution in [1.29, 1.82) is 0 Å². The highest BCUT2D eigenvalue weighted by molar-refractivity contribution is 5.33. The first-order valence-corrected chi connectivity index (χ1v) is 7.76. The van der Waals surface area contributed by atoms with Crippen LogP contribution in [0.1, 0.15) is 38.9 Å². The third-order valence-electron chi connectivity index (χ3n) is 3.57. The Balaban J connectivity index is 2.35. The summed E-state index contributed by atoms with van der Waals surface area (Å²) in [6.07, 6.45) is 2.96. The fourth-order valence-corrected chi connectivity index (χ4v) is 2.64. The van der Waals surface area contributed by atoms with Gasteiger partial charge in [-0.15, -0.1) is 0 Å². The molecule has 2 aromatic rings. The maximum atomic E-state index is 5.92. The van der Waals surface area contributed by atoms with Crippen molar-refractivity contribution in [2.24, 2.45) is 0 Å². The van der Waals surface area contributed by atoms with E-state index in [-0.39, 0.29) is 12.1 Å². The summed E-state index contributed by atoms with van der Waals surface area (Å²) in [6.45, 7) is 7.94. The second kappa shape index (κ2) is 7.96. The van der Waals surface area contributed by atoms with Gasteiger partial charge in [-0.3, -0.25) is 0 Å². The first-order valence-electron chi connectivity index (χ1n) is 7.76. The topological polar surface area (TPSA) is 39.1 Å². The molecule has 1 aromatic heterocycles. The summed E-state index contributed by atoms with van der Waals surface area (Å²) >= 11 is 0. The minimum Gasteiger partial charge on any atom is -0.376 e. The molecule has 114 valence electrons. The number of para-hydroxylation sites is 1. The van der Waals surface area contributed by atoms with Crippen LogP contribution in [0.5, 0.6) is 0 Å². The first-order chi connectivity index (χ1) is 10.3. The predicted octanol–water partition coefficient (Wildman–Crippen LogP) is 3.34. The van der Waals surface area contributed by atoms with Crippen LogP contribution < -0.4 is 5.32 Å².